The van der Waals surface area contributed by atoms with Crippen LogP contribution in [0.1, 0.15) is 22.7 Å². The van der Waals surface area contributed by atoms with Crippen LogP contribution in [0.2, 0.25) is 0 Å². The summed E-state index contributed by atoms with van der Waals surface area (Å²) in [5.74, 6) is 2.19. The van der Waals surface area contributed by atoms with Gasteiger partial charge in [0.2, 0.25) is 5.91 Å². The zero-order valence-corrected chi connectivity index (χ0v) is 18.0. The summed E-state index contributed by atoms with van der Waals surface area (Å²) in [6.07, 6.45) is 3.35. The minimum absolute atomic E-state index is 0.0686. The monoisotopic (exact) mass is 428 g/mol. The molecule has 2 aromatic heterocycles. The smallest absolute Gasteiger partial charge is 0.239 e. The van der Waals surface area contributed by atoms with Crippen molar-refractivity contribution in [3.63, 3.8) is 0 Å². The first-order valence-corrected chi connectivity index (χ1v) is 11.5. The van der Waals surface area contributed by atoms with Gasteiger partial charge in [0, 0.05) is 23.4 Å². The maximum Gasteiger partial charge on any atom is 0.239 e. The van der Waals surface area contributed by atoms with Crippen LogP contribution < -0.4 is 10.6 Å². The maximum atomic E-state index is 12.1. The van der Waals surface area contributed by atoms with Gasteiger partial charge in [-0.3, -0.25) is 4.79 Å². The van der Waals surface area contributed by atoms with E-state index in [0.29, 0.717) is 18.9 Å². The molecule has 0 atom stereocenters. The molecule has 3 aromatic rings. The van der Waals surface area contributed by atoms with E-state index in [0.717, 1.165) is 34.7 Å². The summed E-state index contributed by atoms with van der Waals surface area (Å²) in [4.78, 5) is 25.4. The van der Waals surface area contributed by atoms with E-state index >= 15 is 0 Å². The van der Waals surface area contributed by atoms with Gasteiger partial charge in [-0.1, -0.05) is 18.2 Å². The Kier molecular flexibility index (Phi) is 6.63. The molecule has 8 heteroatoms. The van der Waals surface area contributed by atoms with E-state index in [9.17, 15) is 4.79 Å². The standard InChI is InChI=1S/C21H24N4O2S2/c1-27-11-10-22-18(26)12-23-20-19-15-8-5-9-16(15)29-21(19)25-17(24-20)13-28-14-6-3-2-4-7-14/h2-4,6-7H,5,8-13H2,1H3,(H,22,26)(H,23,24,25). The number of ether oxygens (including phenoxy) is 1. The molecule has 1 amide bonds. The fourth-order valence-electron chi connectivity index (χ4n) is 3.42. The highest BCUT2D eigenvalue weighted by atomic mass is 32.2. The van der Waals surface area contributed by atoms with E-state index in [1.807, 2.05) is 18.2 Å². The molecule has 0 saturated heterocycles. The lowest BCUT2D eigenvalue weighted by Gasteiger charge is -2.10. The Labute approximate surface area is 178 Å². The molecule has 6 nitrogen and oxygen atoms in total. The number of fused-ring (bicyclic) bond motifs is 3. The topological polar surface area (TPSA) is 76.1 Å². The lowest BCUT2D eigenvalue weighted by molar-refractivity contribution is -0.119. The highest BCUT2D eigenvalue weighted by molar-refractivity contribution is 7.98. The van der Waals surface area contributed by atoms with E-state index < -0.39 is 0 Å². The SMILES string of the molecule is COCCNC(=O)CNc1nc(CSc2ccccc2)nc2sc3c(c12)CCC3. The molecule has 0 spiro atoms. The van der Waals surface area contributed by atoms with Crippen LogP contribution in [-0.4, -0.2) is 42.7 Å². The third-order valence-corrected chi connectivity index (χ3v) is 6.96. The Bertz CT molecular complexity index is 991. The molecule has 1 aromatic carbocycles. The van der Waals surface area contributed by atoms with Crippen molar-refractivity contribution in [3.05, 3.63) is 46.6 Å². The van der Waals surface area contributed by atoms with Crippen LogP contribution >= 0.6 is 23.1 Å². The second-order valence-electron chi connectivity index (χ2n) is 6.82. The van der Waals surface area contributed by atoms with Crippen LogP contribution in [0.4, 0.5) is 5.82 Å². The number of carbonyl (C=O) groups is 1. The van der Waals surface area contributed by atoms with Crippen molar-refractivity contribution in [2.45, 2.75) is 29.9 Å². The van der Waals surface area contributed by atoms with Gasteiger partial charge >= 0.3 is 0 Å². The zero-order valence-electron chi connectivity index (χ0n) is 16.4. The van der Waals surface area contributed by atoms with E-state index in [1.165, 1.54) is 21.8 Å². The molecule has 152 valence electrons. The van der Waals surface area contributed by atoms with E-state index in [2.05, 4.69) is 22.8 Å². The lowest BCUT2D eigenvalue weighted by Crippen LogP contribution is -2.32. The van der Waals surface area contributed by atoms with Crippen LogP contribution in [0.3, 0.4) is 0 Å². The number of methoxy groups -OCH3 is 1. The van der Waals surface area contributed by atoms with Crippen molar-refractivity contribution >= 4 is 45.0 Å². The predicted octanol–water partition coefficient (Wildman–Crippen LogP) is 3.65. The molecule has 1 aliphatic carbocycles. The number of hydrogen-bond acceptors (Lipinski definition) is 7. The molecule has 0 fully saturated rings. The predicted molar refractivity (Wildman–Crippen MR) is 119 cm³/mol. The number of rotatable bonds is 9. The van der Waals surface area contributed by atoms with Gasteiger partial charge in [-0.05, 0) is 37.0 Å². The molecule has 4 rings (SSSR count). The van der Waals surface area contributed by atoms with Gasteiger partial charge in [0.05, 0.1) is 24.3 Å². The Morgan fingerprint density at radius 1 is 1.24 bits per heavy atom. The molecule has 29 heavy (non-hydrogen) atoms. The fourth-order valence-corrected chi connectivity index (χ4v) is 5.47. The van der Waals surface area contributed by atoms with Gasteiger partial charge in [-0.2, -0.15) is 0 Å². The quantitative estimate of drug-likeness (QED) is 0.400. The van der Waals surface area contributed by atoms with Crippen molar-refractivity contribution < 1.29 is 9.53 Å². The number of nitrogens with one attached hydrogen (secondary N) is 2. The number of thiophene rings is 1. The first kappa shape index (κ1) is 20.1. The third kappa shape index (κ3) is 4.88. The number of carbonyl (C=O) groups excluding carboxylic acids is 1. The molecular formula is C21H24N4O2S2. The van der Waals surface area contributed by atoms with Crippen molar-refractivity contribution in [3.8, 4) is 0 Å². The molecular weight excluding hydrogens is 404 g/mol. The number of aryl methyl sites for hydroxylation is 2. The number of aromatic nitrogens is 2. The molecule has 0 radical (unpaired) electrons. The molecule has 2 N–H and O–H groups in total. The van der Waals surface area contributed by atoms with Gasteiger partial charge in [0.1, 0.15) is 16.5 Å². The van der Waals surface area contributed by atoms with Crippen molar-refractivity contribution in [1.82, 2.24) is 15.3 Å². The molecule has 0 saturated carbocycles. The summed E-state index contributed by atoms with van der Waals surface area (Å²) in [7, 11) is 1.62. The van der Waals surface area contributed by atoms with Crippen LogP contribution in [-0.2, 0) is 28.1 Å². The fraction of sp³-hybridized carbons (Fsp3) is 0.381. The van der Waals surface area contributed by atoms with Gasteiger partial charge in [0.15, 0.2) is 0 Å². The Morgan fingerprint density at radius 3 is 2.93 bits per heavy atom. The summed E-state index contributed by atoms with van der Waals surface area (Å²) in [5.41, 5.74) is 1.36. The first-order chi connectivity index (χ1) is 14.2. The minimum Gasteiger partial charge on any atom is -0.383 e. The van der Waals surface area contributed by atoms with E-state index in [1.54, 1.807) is 30.2 Å². The molecule has 0 unspecified atom stereocenters. The van der Waals surface area contributed by atoms with Crippen molar-refractivity contribution in [1.29, 1.82) is 0 Å². The Balaban J connectivity index is 1.54. The number of amides is 1. The van der Waals surface area contributed by atoms with Crippen LogP contribution in [0.25, 0.3) is 10.2 Å². The lowest BCUT2D eigenvalue weighted by atomic mass is 10.2. The van der Waals surface area contributed by atoms with E-state index in [-0.39, 0.29) is 12.5 Å². The van der Waals surface area contributed by atoms with Crippen molar-refractivity contribution in [2.75, 3.05) is 32.1 Å². The average molecular weight is 429 g/mol. The Hall–Kier alpha value is -2.16. The normalized spacial score (nSPS) is 12.9. The molecule has 0 bridgehead atoms. The highest BCUT2D eigenvalue weighted by Gasteiger charge is 2.22. The van der Waals surface area contributed by atoms with Gasteiger partial charge in [0.25, 0.3) is 0 Å². The van der Waals surface area contributed by atoms with Crippen LogP contribution in [0.15, 0.2) is 35.2 Å². The number of thioether (sulfide) groups is 1. The zero-order chi connectivity index (χ0) is 20.1. The maximum absolute atomic E-state index is 12.1. The van der Waals surface area contributed by atoms with E-state index in [4.69, 9.17) is 14.7 Å². The minimum atomic E-state index is -0.0686. The third-order valence-electron chi connectivity index (χ3n) is 4.77. The number of benzene rings is 1. The average Bonchev–Trinajstić information content (AvgIpc) is 3.32. The van der Waals surface area contributed by atoms with Crippen LogP contribution in [0.5, 0.6) is 0 Å². The Morgan fingerprint density at radius 2 is 2.10 bits per heavy atom. The second-order valence-corrected chi connectivity index (χ2v) is 8.96. The van der Waals surface area contributed by atoms with Crippen molar-refractivity contribution in [2.24, 2.45) is 0 Å². The number of anilines is 1. The second kappa shape index (κ2) is 9.56. The summed E-state index contributed by atoms with van der Waals surface area (Å²) in [6.45, 7) is 1.19. The largest absolute Gasteiger partial charge is 0.383 e. The van der Waals surface area contributed by atoms with Crippen LogP contribution in [0, 0.1) is 0 Å². The highest BCUT2D eigenvalue weighted by Crippen LogP contribution is 2.39. The molecule has 1 aliphatic rings. The number of hydrogen-bond donors (Lipinski definition) is 2. The molecule has 2 heterocycles. The summed E-state index contributed by atoms with van der Waals surface area (Å²) >= 11 is 3.49. The summed E-state index contributed by atoms with van der Waals surface area (Å²) in [6, 6.07) is 10.3. The van der Waals surface area contributed by atoms with Gasteiger partial charge < -0.3 is 15.4 Å². The summed E-state index contributed by atoms with van der Waals surface area (Å²) in [5, 5.41) is 7.20. The first-order valence-electron chi connectivity index (χ1n) is 9.73. The van der Waals surface area contributed by atoms with Gasteiger partial charge in [-0.15, -0.1) is 23.1 Å². The molecule has 0 aliphatic heterocycles. The summed E-state index contributed by atoms with van der Waals surface area (Å²) < 4.78 is 4.98. The van der Waals surface area contributed by atoms with Gasteiger partial charge in [-0.25, -0.2) is 9.97 Å². The number of nitrogens with zero attached hydrogens (tertiary/aromatic N) is 2.